The number of urea groups is 1. The second-order valence-electron chi connectivity index (χ2n) is 7.00. The zero-order valence-electron chi connectivity index (χ0n) is 17.1. The third-order valence-corrected chi connectivity index (χ3v) is 6.49. The maximum absolute atomic E-state index is 13.2. The zero-order valence-corrected chi connectivity index (χ0v) is 22.4. The van der Waals surface area contributed by atoms with E-state index in [9.17, 15) is 19.2 Å². The Morgan fingerprint density at radius 2 is 1.65 bits per heavy atom. The van der Waals surface area contributed by atoms with Crippen molar-refractivity contribution in [1.29, 1.82) is 0 Å². The normalized spacial score (nSPS) is 14.9. The molecule has 10 heteroatoms. The standard InChI is InChI=1S/C24H13Br2IN2O5/c25-15-10-14(20(19(26)12-15)34-23(32)13-4-2-1-3-5-13)11-18-21(30)28-24(33)29(22(18)31)17-8-6-16(27)7-9-17/h1-12H,(H,28,30,33)/b18-11-. The Morgan fingerprint density at radius 3 is 2.32 bits per heavy atom. The number of esters is 1. The minimum absolute atomic E-state index is 0.114. The van der Waals surface area contributed by atoms with Crippen LogP contribution in [0.5, 0.6) is 5.75 Å². The lowest BCUT2D eigenvalue weighted by Crippen LogP contribution is -2.54. The Labute approximate surface area is 224 Å². The molecule has 0 aliphatic carbocycles. The van der Waals surface area contributed by atoms with Crippen molar-refractivity contribution in [1.82, 2.24) is 5.32 Å². The number of hydrogen-bond donors (Lipinski definition) is 1. The second-order valence-corrected chi connectivity index (χ2v) is 10.0. The van der Waals surface area contributed by atoms with Gasteiger partial charge < -0.3 is 4.74 Å². The van der Waals surface area contributed by atoms with Crippen molar-refractivity contribution in [3.05, 3.63) is 95.9 Å². The molecule has 1 N–H and O–H groups in total. The van der Waals surface area contributed by atoms with Crippen molar-refractivity contribution in [3.8, 4) is 5.75 Å². The SMILES string of the molecule is O=C1NC(=O)N(c2ccc(I)cc2)C(=O)/C1=C\c1cc(Br)cc(Br)c1OC(=O)c1ccccc1. The number of carbonyl (C=O) groups excluding carboxylic acids is 4. The van der Waals surface area contributed by atoms with Gasteiger partial charge in [-0.15, -0.1) is 0 Å². The number of nitrogens with zero attached hydrogens (tertiary/aromatic N) is 1. The maximum Gasteiger partial charge on any atom is 0.343 e. The van der Waals surface area contributed by atoms with Gasteiger partial charge in [0.05, 0.1) is 15.7 Å². The van der Waals surface area contributed by atoms with Crippen LogP contribution in [0.25, 0.3) is 6.08 Å². The minimum Gasteiger partial charge on any atom is -0.421 e. The quantitative estimate of drug-likeness (QED) is 0.124. The third-order valence-electron chi connectivity index (χ3n) is 4.73. The molecular weight excluding hydrogens is 683 g/mol. The first kappa shape index (κ1) is 24.3. The van der Waals surface area contributed by atoms with E-state index in [0.29, 0.717) is 20.2 Å². The van der Waals surface area contributed by atoms with E-state index in [-0.39, 0.29) is 16.9 Å². The Kier molecular flexibility index (Phi) is 7.29. The molecule has 4 amide bonds. The first-order valence-electron chi connectivity index (χ1n) is 9.68. The van der Waals surface area contributed by atoms with E-state index in [0.717, 1.165) is 8.47 Å². The van der Waals surface area contributed by atoms with Crippen LogP contribution in [0.2, 0.25) is 0 Å². The van der Waals surface area contributed by atoms with Crippen molar-refractivity contribution in [2.24, 2.45) is 0 Å². The van der Waals surface area contributed by atoms with Gasteiger partial charge in [-0.2, -0.15) is 0 Å². The monoisotopic (exact) mass is 694 g/mol. The Morgan fingerprint density at radius 1 is 0.971 bits per heavy atom. The molecule has 170 valence electrons. The molecule has 1 aliphatic heterocycles. The second kappa shape index (κ2) is 10.2. The molecule has 0 aromatic heterocycles. The van der Waals surface area contributed by atoms with E-state index in [1.54, 1.807) is 66.7 Å². The van der Waals surface area contributed by atoms with Crippen LogP contribution in [0.1, 0.15) is 15.9 Å². The summed E-state index contributed by atoms with van der Waals surface area (Å²) in [6.45, 7) is 0. The Hall–Kier alpha value is -2.83. The highest BCUT2D eigenvalue weighted by molar-refractivity contribution is 14.1. The predicted octanol–water partition coefficient (Wildman–Crippen LogP) is 5.70. The van der Waals surface area contributed by atoms with E-state index in [4.69, 9.17) is 4.74 Å². The number of halogens is 3. The van der Waals surface area contributed by atoms with E-state index in [2.05, 4.69) is 59.8 Å². The summed E-state index contributed by atoms with van der Waals surface area (Å²) in [7, 11) is 0. The average molecular weight is 696 g/mol. The van der Waals surface area contributed by atoms with E-state index in [1.807, 2.05) is 0 Å². The van der Waals surface area contributed by atoms with Crippen molar-refractivity contribution >= 4 is 90.0 Å². The molecule has 0 saturated carbocycles. The predicted molar refractivity (Wildman–Crippen MR) is 141 cm³/mol. The van der Waals surface area contributed by atoms with Crippen LogP contribution in [-0.2, 0) is 9.59 Å². The topological polar surface area (TPSA) is 92.8 Å². The highest BCUT2D eigenvalue weighted by atomic mass is 127. The molecule has 0 bridgehead atoms. The average Bonchev–Trinajstić information content (AvgIpc) is 2.80. The number of imide groups is 2. The van der Waals surface area contributed by atoms with E-state index < -0.39 is 23.8 Å². The van der Waals surface area contributed by atoms with E-state index in [1.165, 1.54) is 6.08 Å². The summed E-state index contributed by atoms with van der Waals surface area (Å²) < 4.78 is 7.55. The minimum atomic E-state index is -0.854. The van der Waals surface area contributed by atoms with Gasteiger partial charge in [0.25, 0.3) is 11.8 Å². The van der Waals surface area contributed by atoms with E-state index >= 15 is 0 Å². The molecule has 34 heavy (non-hydrogen) atoms. The number of benzene rings is 3. The fourth-order valence-corrected chi connectivity index (χ4v) is 4.86. The van der Waals surface area contributed by atoms with Crippen LogP contribution in [0.15, 0.2) is 81.2 Å². The van der Waals surface area contributed by atoms with Crippen LogP contribution in [-0.4, -0.2) is 23.8 Å². The summed E-state index contributed by atoms with van der Waals surface area (Å²) in [4.78, 5) is 51.8. The first-order valence-corrected chi connectivity index (χ1v) is 12.3. The Bertz CT molecular complexity index is 1360. The molecule has 0 atom stereocenters. The van der Waals surface area contributed by atoms with Crippen LogP contribution in [0.3, 0.4) is 0 Å². The Balaban J connectivity index is 1.75. The van der Waals surface area contributed by atoms with Crippen LogP contribution >= 0.6 is 54.5 Å². The third kappa shape index (κ3) is 5.13. The van der Waals surface area contributed by atoms with Gasteiger partial charge in [0.15, 0.2) is 5.75 Å². The number of barbiturate groups is 1. The van der Waals surface area contributed by atoms with Gasteiger partial charge in [0.2, 0.25) is 0 Å². The van der Waals surface area contributed by atoms with Crippen molar-refractivity contribution in [2.45, 2.75) is 0 Å². The molecule has 0 radical (unpaired) electrons. The summed E-state index contributed by atoms with van der Waals surface area (Å²) >= 11 is 8.84. The van der Waals surface area contributed by atoms with Gasteiger partial charge in [-0.25, -0.2) is 14.5 Å². The number of carbonyl (C=O) groups is 4. The molecule has 3 aromatic carbocycles. The molecule has 0 unspecified atom stereocenters. The number of amides is 4. The van der Waals surface area contributed by atoms with Gasteiger partial charge in [-0.05, 0) is 93.1 Å². The summed E-state index contributed by atoms with van der Waals surface area (Å²) in [5.74, 6) is -2.15. The number of ether oxygens (including phenoxy) is 1. The lowest BCUT2D eigenvalue weighted by Gasteiger charge is -2.26. The fraction of sp³-hybridized carbons (Fsp3) is 0. The molecule has 7 nitrogen and oxygen atoms in total. The van der Waals surface area contributed by atoms with Crippen molar-refractivity contribution < 1.29 is 23.9 Å². The molecule has 1 aliphatic rings. The zero-order chi connectivity index (χ0) is 24.4. The lowest BCUT2D eigenvalue weighted by atomic mass is 10.1. The maximum atomic E-state index is 13.2. The number of anilines is 1. The largest absolute Gasteiger partial charge is 0.421 e. The summed E-state index contributed by atoms with van der Waals surface area (Å²) in [6, 6.07) is 17.5. The summed E-state index contributed by atoms with van der Waals surface area (Å²) in [5, 5.41) is 2.18. The fourth-order valence-electron chi connectivity index (χ4n) is 3.16. The lowest BCUT2D eigenvalue weighted by molar-refractivity contribution is -0.122. The van der Waals surface area contributed by atoms with Crippen LogP contribution in [0.4, 0.5) is 10.5 Å². The molecule has 4 rings (SSSR count). The molecule has 1 saturated heterocycles. The van der Waals surface area contributed by atoms with Gasteiger partial charge in [-0.3, -0.25) is 14.9 Å². The van der Waals surface area contributed by atoms with Gasteiger partial charge in [0, 0.05) is 13.6 Å². The van der Waals surface area contributed by atoms with Crippen molar-refractivity contribution in [3.63, 3.8) is 0 Å². The first-order chi connectivity index (χ1) is 16.2. The molecule has 0 spiro atoms. The molecular formula is C24H13Br2IN2O5. The van der Waals surface area contributed by atoms with Crippen molar-refractivity contribution in [2.75, 3.05) is 4.90 Å². The molecule has 3 aromatic rings. The van der Waals surface area contributed by atoms with Gasteiger partial charge in [0.1, 0.15) is 5.57 Å². The highest BCUT2D eigenvalue weighted by Gasteiger charge is 2.37. The van der Waals surface area contributed by atoms with Crippen LogP contribution in [0, 0.1) is 3.57 Å². The smallest absolute Gasteiger partial charge is 0.343 e. The number of hydrogen-bond acceptors (Lipinski definition) is 5. The number of rotatable bonds is 4. The molecule has 1 fully saturated rings. The van der Waals surface area contributed by atoms with Crippen LogP contribution < -0.4 is 15.0 Å². The highest BCUT2D eigenvalue weighted by Crippen LogP contribution is 2.35. The number of nitrogens with one attached hydrogen (secondary N) is 1. The van der Waals surface area contributed by atoms with Gasteiger partial charge in [-0.1, -0.05) is 34.1 Å². The summed E-state index contributed by atoms with van der Waals surface area (Å²) in [5.41, 5.74) is 0.631. The molecule has 1 heterocycles. The summed E-state index contributed by atoms with van der Waals surface area (Å²) in [6.07, 6.45) is 1.28. The van der Waals surface area contributed by atoms with Gasteiger partial charge >= 0.3 is 12.0 Å².